The van der Waals surface area contributed by atoms with Gasteiger partial charge in [-0.25, -0.2) is 4.98 Å². The van der Waals surface area contributed by atoms with Crippen molar-refractivity contribution >= 4 is 58.5 Å². The van der Waals surface area contributed by atoms with E-state index in [1.54, 1.807) is 18.5 Å². The number of aromatic nitrogens is 1. The highest BCUT2D eigenvalue weighted by atomic mass is 35.5. The van der Waals surface area contributed by atoms with Crippen molar-refractivity contribution in [3.8, 4) is 0 Å². The Balaban J connectivity index is 1.76. The van der Waals surface area contributed by atoms with Gasteiger partial charge in [0, 0.05) is 33.6 Å². The molecule has 1 amide bonds. The molecule has 1 heterocycles. The molecule has 0 unspecified atom stereocenters. The molecule has 0 saturated heterocycles. The maximum Gasteiger partial charge on any atom is 0.237 e. The highest BCUT2D eigenvalue weighted by Crippen LogP contribution is 2.34. The Morgan fingerprint density at radius 2 is 2.00 bits per heavy atom. The number of nitrogens with one attached hydrogen (secondary N) is 1. The van der Waals surface area contributed by atoms with Crippen LogP contribution in [-0.2, 0) is 4.79 Å². The third kappa shape index (κ3) is 5.85. The molecule has 0 aliphatic heterocycles. The number of halogens is 2. The topological polar surface area (TPSA) is 54.4 Å². The second-order valence-electron chi connectivity index (χ2n) is 6.58. The minimum Gasteiger partial charge on any atom is -0.325 e. The Bertz CT molecular complexity index is 1070. The lowest BCUT2D eigenvalue weighted by Crippen LogP contribution is -2.24. The number of aryl methyl sites for hydroxylation is 1. The van der Waals surface area contributed by atoms with E-state index in [0.29, 0.717) is 22.3 Å². The predicted octanol–water partition coefficient (Wildman–Crippen LogP) is 6.96. The zero-order valence-corrected chi connectivity index (χ0v) is 18.9. The van der Waals surface area contributed by atoms with Gasteiger partial charge in [0.25, 0.3) is 0 Å². The van der Waals surface area contributed by atoms with E-state index in [1.807, 2.05) is 62.4 Å². The first-order valence-electron chi connectivity index (χ1n) is 9.45. The van der Waals surface area contributed by atoms with Crippen molar-refractivity contribution < 1.29 is 4.79 Å². The van der Waals surface area contributed by atoms with Crippen molar-refractivity contribution in [3.63, 3.8) is 0 Å². The average molecular weight is 458 g/mol. The Labute approximate surface area is 190 Å². The molecule has 1 atom stereocenters. The van der Waals surface area contributed by atoms with Crippen molar-refractivity contribution in [1.29, 1.82) is 0 Å². The van der Waals surface area contributed by atoms with Crippen LogP contribution in [0.3, 0.4) is 0 Å². The molecule has 3 rings (SSSR count). The molecule has 3 aromatic rings. The summed E-state index contributed by atoms with van der Waals surface area (Å²) in [5.74, 6) is -0.0727. The van der Waals surface area contributed by atoms with Gasteiger partial charge in [0.15, 0.2) is 0 Å². The van der Waals surface area contributed by atoms with Crippen LogP contribution in [0.1, 0.15) is 24.5 Å². The van der Waals surface area contributed by atoms with Crippen LogP contribution in [0.15, 0.2) is 70.7 Å². The minimum absolute atomic E-state index is 0.0727. The Hall–Kier alpha value is -2.34. The monoisotopic (exact) mass is 457 g/mol. The quantitative estimate of drug-likeness (QED) is 0.237. The van der Waals surface area contributed by atoms with Gasteiger partial charge in [0.2, 0.25) is 5.91 Å². The number of anilines is 1. The van der Waals surface area contributed by atoms with Gasteiger partial charge in [-0.2, -0.15) is 0 Å². The van der Waals surface area contributed by atoms with Gasteiger partial charge >= 0.3 is 0 Å². The van der Waals surface area contributed by atoms with Crippen molar-refractivity contribution in [2.24, 2.45) is 4.99 Å². The fourth-order valence-electron chi connectivity index (χ4n) is 2.67. The lowest BCUT2D eigenvalue weighted by molar-refractivity contribution is -0.115. The van der Waals surface area contributed by atoms with Crippen LogP contribution in [0, 0.1) is 6.92 Å². The van der Waals surface area contributed by atoms with Gasteiger partial charge in [-0.3, -0.25) is 9.79 Å². The molecule has 0 fully saturated rings. The van der Waals surface area contributed by atoms with Crippen molar-refractivity contribution in [2.45, 2.75) is 30.4 Å². The fraction of sp³-hybridized carbons (Fsp3) is 0.174. The number of carbonyl (C=O) groups is 1. The average Bonchev–Trinajstić information content (AvgIpc) is 2.74. The van der Waals surface area contributed by atoms with Crippen LogP contribution in [0.2, 0.25) is 10.2 Å². The third-order valence-corrected chi connectivity index (χ3v) is 6.52. The standard InChI is InChI=1S/C23H21Cl2N3OS/c1-3-20(23(29)28-17-11-10-15(2)18(24)13-17)30-21-9-5-4-8-19(21)27-14-16-7-6-12-26-22(16)25/h4-14,20H,3H2,1-2H3,(H,28,29)/t20-/m1/s1. The van der Waals surface area contributed by atoms with Crippen LogP contribution in [0.25, 0.3) is 0 Å². The highest BCUT2D eigenvalue weighted by Gasteiger charge is 2.19. The summed E-state index contributed by atoms with van der Waals surface area (Å²) < 4.78 is 0. The zero-order chi connectivity index (χ0) is 21.5. The SMILES string of the molecule is CC[C@@H](Sc1ccccc1N=Cc1cccnc1Cl)C(=O)Nc1ccc(C)c(Cl)c1. The normalized spacial score (nSPS) is 12.1. The van der Waals surface area contributed by atoms with Gasteiger partial charge in [-0.1, -0.05) is 48.3 Å². The number of rotatable bonds is 7. The second-order valence-corrected chi connectivity index (χ2v) is 8.59. The van der Waals surface area contributed by atoms with E-state index in [1.165, 1.54) is 11.8 Å². The molecule has 0 radical (unpaired) electrons. The molecular weight excluding hydrogens is 437 g/mol. The molecule has 154 valence electrons. The minimum atomic E-state index is -0.275. The van der Waals surface area contributed by atoms with Gasteiger partial charge < -0.3 is 5.32 Å². The number of hydrogen-bond acceptors (Lipinski definition) is 4. The summed E-state index contributed by atoms with van der Waals surface area (Å²) in [7, 11) is 0. The maximum atomic E-state index is 12.8. The lowest BCUT2D eigenvalue weighted by atomic mass is 10.2. The number of amides is 1. The van der Waals surface area contributed by atoms with E-state index in [0.717, 1.165) is 21.7 Å². The van der Waals surface area contributed by atoms with Crippen LogP contribution < -0.4 is 5.32 Å². The summed E-state index contributed by atoms with van der Waals surface area (Å²) >= 11 is 13.8. The Morgan fingerprint density at radius 1 is 1.20 bits per heavy atom. The smallest absolute Gasteiger partial charge is 0.237 e. The van der Waals surface area contributed by atoms with E-state index in [2.05, 4.69) is 15.3 Å². The first-order valence-corrected chi connectivity index (χ1v) is 11.1. The van der Waals surface area contributed by atoms with Crippen LogP contribution in [0.4, 0.5) is 11.4 Å². The summed E-state index contributed by atoms with van der Waals surface area (Å²) in [5, 5.41) is 3.71. The number of nitrogens with zero attached hydrogens (tertiary/aromatic N) is 2. The number of pyridine rings is 1. The van der Waals surface area contributed by atoms with Crippen LogP contribution in [-0.4, -0.2) is 22.4 Å². The van der Waals surface area contributed by atoms with E-state index >= 15 is 0 Å². The van der Waals surface area contributed by atoms with Gasteiger partial charge in [0.1, 0.15) is 5.15 Å². The molecule has 0 spiro atoms. The molecule has 1 N–H and O–H groups in total. The lowest BCUT2D eigenvalue weighted by Gasteiger charge is -2.16. The number of aliphatic imine (C=N–C) groups is 1. The van der Waals surface area contributed by atoms with E-state index in [4.69, 9.17) is 23.2 Å². The van der Waals surface area contributed by atoms with Crippen molar-refractivity contribution in [2.75, 3.05) is 5.32 Å². The molecule has 0 saturated carbocycles. The molecule has 7 heteroatoms. The predicted molar refractivity (Wildman–Crippen MR) is 128 cm³/mol. The fourth-order valence-corrected chi connectivity index (χ4v) is 4.05. The Kier molecular flexibility index (Phi) is 7.91. The summed E-state index contributed by atoms with van der Waals surface area (Å²) in [6, 6.07) is 16.9. The number of benzene rings is 2. The van der Waals surface area contributed by atoms with E-state index in [9.17, 15) is 4.79 Å². The van der Waals surface area contributed by atoms with Gasteiger partial charge in [-0.15, -0.1) is 11.8 Å². The number of hydrogen-bond donors (Lipinski definition) is 1. The van der Waals surface area contributed by atoms with Gasteiger partial charge in [0.05, 0.1) is 10.9 Å². The number of para-hydroxylation sites is 1. The maximum absolute atomic E-state index is 12.8. The second kappa shape index (κ2) is 10.6. The molecule has 0 bridgehead atoms. The molecule has 4 nitrogen and oxygen atoms in total. The number of carbonyl (C=O) groups excluding carboxylic acids is 1. The zero-order valence-electron chi connectivity index (χ0n) is 16.6. The molecule has 1 aromatic heterocycles. The molecule has 2 aromatic carbocycles. The molecule has 30 heavy (non-hydrogen) atoms. The van der Waals surface area contributed by atoms with Crippen molar-refractivity contribution in [1.82, 2.24) is 4.98 Å². The summed E-state index contributed by atoms with van der Waals surface area (Å²) in [6.07, 6.45) is 3.99. The number of thioether (sulfide) groups is 1. The van der Waals surface area contributed by atoms with Gasteiger partial charge in [-0.05, 0) is 55.3 Å². The summed E-state index contributed by atoms with van der Waals surface area (Å²) in [6.45, 7) is 3.91. The van der Waals surface area contributed by atoms with Crippen LogP contribution in [0.5, 0.6) is 0 Å². The van der Waals surface area contributed by atoms with Crippen LogP contribution >= 0.6 is 35.0 Å². The Morgan fingerprint density at radius 3 is 2.73 bits per heavy atom. The molecule has 0 aliphatic carbocycles. The largest absolute Gasteiger partial charge is 0.325 e. The first kappa shape index (κ1) is 22.3. The first-order chi connectivity index (χ1) is 14.5. The van der Waals surface area contributed by atoms with E-state index < -0.39 is 0 Å². The van der Waals surface area contributed by atoms with Crippen molar-refractivity contribution in [3.05, 3.63) is 82.1 Å². The highest BCUT2D eigenvalue weighted by molar-refractivity contribution is 8.00. The summed E-state index contributed by atoms with van der Waals surface area (Å²) in [4.78, 5) is 22.4. The van der Waals surface area contributed by atoms with E-state index in [-0.39, 0.29) is 11.2 Å². The third-order valence-electron chi connectivity index (χ3n) is 4.37. The molecular formula is C23H21Cl2N3OS. The molecule has 0 aliphatic rings. The summed E-state index contributed by atoms with van der Waals surface area (Å²) in [5.41, 5.74) is 3.16.